The molecule has 0 saturated carbocycles. The molecular formula is C17H23N5O. The molecule has 0 unspecified atom stereocenters. The van der Waals surface area contributed by atoms with Gasteiger partial charge in [0.15, 0.2) is 0 Å². The third-order valence-electron chi connectivity index (χ3n) is 4.37. The van der Waals surface area contributed by atoms with Crippen LogP contribution in [0.15, 0.2) is 36.8 Å². The number of piperidine rings is 1. The summed E-state index contributed by atoms with van der Waals surface area (Å²) in [4.78, 5) is 21.0. The standard InChI is InChI=1S/C17H23N5O/c1-14-10-19-22(11-14)13-17(23)20(2)15-6-5-9-21(12-15)16-7-3-4-8-18-16/h3-4,7-8,10-11,15H,5-6,9,12-13H2,1-2H3/t15-/m1/s1. The summed E-state index contributed by atoms with van der Waals surface area (Å²) < 4.78 is 1.70. The minimum atomic E-state index is 0.0981. The van der Waals surface area contributed by atoms with Gasteiger partial charge in [0.05, 0.1) is 6.20 Å². The molecular weight excluding hydrogens is 290 g/mol. The molecule has 3 heterocycles. The van der Waals surface area contributed by atoms with Gasteiger partial charge in [0, 0.05) is 38.6 Å². The van der Waals surface area contributed by atoms with Gasteiger partial charge in [0.25, 0.3) is 0 Å². The van der Waals surface area contributed by atoms with Crippen molar-refractivity contribution in [1.82, 2.24) is 19.7 Å². The van der Waals surface area contributed by atoms with Gasteiger partial charge in [0.2, 0.25) is 5.91 Å². The number of amides is 1. The minimum absolute atomic E-state index is 0.0981. The second-order valence-electron chi connectivity index (χ2n) is 6.15. The summed E-state index contributed by atoms with van der Waals surface area (Å²) in [6.07, 6.45) is 7.58. The highest BCUT2D eigenvalue weighted by molar-refractivity contribution is 5.76. The zero-order valence-electron chi connectivity index (χ0n) is 13.7. The number of anilines is 1. The maximum Gasteiger partial charge on any atom is 0.244 e. The van der Waals surface area contributed by atoms with E-state index in [1.807, 2.05) is 49.5 Å². The zero-order chi connectivity index (χ0) is 16.2. The quantitative estimate of drug-likeness (QED) is 0.862. The maximum absolute atomic E-state index is 12.5. The van der Waals surface area contributed by atoms with Gasteiger partial charge in [-0.15, -0.1) is 0 Å². The van der Waals surface area contributed by atoms with E-state index in [9.17, 15) is 4.79 Å². The fourth-order valence-corrected chi connectivity index (χ4v) is 3.03. The summed E-state index contributed by atoms with van der Waals surface area (Å²) in [6.45, 7) is 4.10. The summed E-state index contributed by atoms with van der Waals surface area (Å²) in [5, 5.41) is 4.19. The number of aromatic nitrogens is 3. The Hall–Kier alpha value is -2.37. The van der Waals surface area contributed by atoms with Gasteiger partial charge in [-0.2, -0.15) is 5.10 Å². The Labute approximate surface area is 136 Å². The molecule has 23 heavy (non-hydrogen) atoms. The van der Waals surface area contributed by atoms with E-state index in [1.54, 1.807) is 10.9 Å². The van der Waals surface area contributed by atoms with Gasteiger partial charge in [-0.25, -0.2) is 4.98 Å². The van der Waals surface area contributed by atoms with Crippen LogP contribution >= 0.6 is 0 Å². The Bertz CT molecular complexity index is 654. The smallest absolute Gasteiger partial charge is 0.244 e. The molecule has 0 spiro atoms. The SMILES string of the molecule is Cc1cnn(CC(=O)N(C)[C@@H]2CCCN(c3ccccn3)C2)c1. The molecule has 6 nitrogen and oxygen atoms in total. The maximum atomic E-state index is 12.5. The van der Waals surface area contributed by atoms with Gasteiger partial charge in [-0.05, 0) is 37.5 Å². The Balaban J connectivity index is 1.62. The molecule has 3 rings (SSSR count). The summed E-state index contributed by atoms with van der Waals surface area (Å²) in [5.41, 5.74) is 1.07. The van der Waals surface area contributed by atoms with Crippen LogP contribution in [0.5, 0.6) is 0 Å². The highest BCUT2D eigenvalue weighted by Crippen LogP contribution is 2.20. The molecule has 0 aromatic carbocycles. The summed E-state index contributed by atoms with van der Waals surface area (Å²) >= 11 is 0. The number of hydrogen-bond acceptors (Lipinski definition) is 4. The number of likely N-dealkylation sites (N-methyl/N-ethyl adjacent to an activating group) is 1. The number of rotatable bonds is 4. The second kappa shape index (κ2) is 6.81. The molecule has 1 amide bonds. The first-order valence-electron chi connectivity index (χ1n) is 8.04. The lowest BCUT2D eigenvalue weighted by molar-refractivity contribution is -0.133. The van der Waals surface area contributed by atoms with E-state index in [2.05, 4.69) is 15.0 Å². The lowest BCUT2D eigenvalue weighted by Gasteiger charge is -2.38. The molecule has 2 aromatic heterocycles. The van der Waals surface area contributed by atoms with Crippen LogP contribution < -0.4 is 4.90 Å². The Morgan fingerprint density at radius 2 is 2.30 bits per heavy atom. The first-order chi connectivity index (χ1) is 11.1. The largest absolute Gasteiger partial charge is 0.355 e. The van der Waals surface area contributed by atoms with Crippen LogP contribution in [0.1, 0.15) is 18.4 Å². The predicted molar refractivity (Wildman–Crippen MR) is 89.2 cm³/mol. The molecule has 1 saturated heterocycles. The lowest BCUT2D eigenvalue weighted by Crippen LogP contribution is -2.49. The molecule has 0 N–H and O–H groups in total. The van der Waals surface area contributed by atoms with Gasteiger partial charge < -0.3 is 9.80 Å². The fourth-order valence-electron chi connectivity index (χ4n) is 3.03. The van der Waals surface area contributed by atoms with Gasteiger partial charge in [-0.1, -0.05) is 6.07 Å². The molecule has 0 aliphatic carbocycles. The van der Waals surface area contributed by atoms with Crippen molar-refractivity contribution in [3.8, 4) is 0 Å². The Morgan fingerprint density at radius 3 is 3.00 bits per heavy atom. The normalized spacial score (nSPS) is 18.0. The van der Waals surface area contributed by atoms with Crippen LogP contribution in [-0.4, -0.2) is 51.8 Å². The van der Waals surface area contributed by atoms with Crippen LogP contribution in [0.3, 0.4) is 0 Å². The summed E-state index contributed by atoms with van der Waals surface area (Å²) in [7, 11) is 1.89. The van der Waals surface area contributed by atoms with Crippen molar-refractivity contribution in [3.63, 3.8) is 0 Å². The highest BCUT2D eigenvalue weighted by Gasteiger charge is 2.26. The number of pyridine rings is 1. The number of carbonyl (C=O) groups is 1. The molecule has 1 aliphatic rings. The van der Waals surface area contributed by atoms with Crippen molar-refractivity contribution in [1.29, 1.82) is 0 Å². The fraction of sp³-hybridized carbons (Fsp3) is 0.471. The third kappa shape index (κ3) is 3.70. The molecule has 2 aromatic rings. The monoisotopic (exact) mass is 313 g/mol. The average molecular weight is 313 g/mol. The molecule has 1 aliphatic heterocycles. The van der Waals surface area contributed by atoms with Crippen molar-refractivity contribution >= 4 is 11.7 Å². The van der Waals surface area contributed by atoms with Crippen LogP contribution in [0.25, 0.3) is 0 Å². The molecule has 0 radical (unpaired) electrons. The average Bonchev–Trinajstić information content (AvgIpc) is 3.00. The van der Waals surface area contributed by atoms with Gasteiger partial charge in [0.1, 0.15) is 12.4 Å². The number of hydrogen-bond donors (Lipinski definition) is 0. The first-order valence-corrected chi connectivity index (χ1v) is 8.04. The topological polar surface area (TPSA) is 54.3 Å². The number of nitrogens with zero attached hydrogens (tertiary/aromatic N) is 5. The van der Waals surface area contributed by atoms with Crippen molar-refractivity contribution < 1.29 is 4.79 Å². The zero-order valence-corrected chi connectivity index (χ0v) is 13.7. The third-order valence-corrected chi connectivity index (χ3v) is 4.37. The summed E-state index contributed by atoms with van der Waals surface area (Å²) in [6, 6.07) is 6.17. The molecule has 6 heteroatoms. The predicted octanol–water partition coefficient (Wildman–Crippen LogP) is 1.71. The van der Waals surface area contributed by atoms with Crippen molar-refractivity contribution in [2.24, 2.45) is 0 Å². The first kappa shape index (κ1) is 15.5. The van der Waals surface area contributed by atoms with E-state index in [-0.39, 0.29) is 11.9 Å². The van der Waals surface area contributed by atoms with Crippen LogP contribution in [0, 0.1) is 6.92 Å². The molecule has 122 valence electrons. The van der Waals surface area contributed by atoms with Crippen molar-refractivity contribution in [3.05, 3.63) is 42.4 Å². The van der Waals surface area contributed by atoms with Crippen molar-refractivity contribution in [2.45, 2.75) is 32.4 Å². The highest BCUT2D eigenvalue weighted by atomic mass is 16.2. The van der Waals surface area contributed by atoms with E-state index in [0.717, 1.165) is 37.3 Å². The minimum Gasteiger partial charge on any atom is -0.355 e. The summed E-state index contributed by atoms with van der Waals surface area (Å²) in [5.74, 6) is 1.08. The number of carbonyl (C=O) groups excluding carboxylic acids is 1. The van der Waals surface area contributed by atoms with E-state index in [0.29, 0.717) is 6.54 Å². The van der Waals surface area contributed by atoms with Crippen LogP contribution in [0.2, 0.25) is 0 Å². The van der Waals surface area contributed by atoms with Gasteiger partial charge >= 0.3 is 0 Å². The van der Waals surface area contributed by atoms with Crippen LogP contribution in [0.4, 0.5) is 5.82 Å². The van der Waals surface area contributed by atoms with Gasteiger partial charge in [-0.3, -0.25) is 9.48 Å². The second-order valence-corrected chi connectivity index (χ2v) is 6.15. The van der Waals surface area contributed by atoms with E-state index in [1.165, 1.54) is 0 Å². The molecule has 1 atom stereocenters. The molecule has 0 bridgehead atoms. The molecule has 1 fully saturated rings. The Kier molecular flexibility index (Phi) is 4.60. The van der Waals surface area contributed by atoms with E-state index in [4.69, 9.17) is 0 Å². The number of aryl methyl sites for hydroxylation is 1. The van der Waals surface area contributed by atoms with E-state index >= 15 is 0 Å². The van der Waals surface area contributed by atoms with E-state index < -0.39 is 0 Å². The Morgan fingerprint density at radius 1 is 1.43 bits per heavy atom. The van der Waals surface area contributed by atoms with Crippen molar-refractivity contribution in [2.75, 3.05) is 25.0 Å². The lowest BCUT2D eigenvalue weighted by atomic mass is 10.0. The van der Waals surface area contributed by atoms with Crippen LogP contribution in [-0.2, 0) is 11.3 Å².